The predicted octanol–water partition coefficient (Wildman–Crippen LogP) is 3.28. The Bertz CT molecular complexity index is 560. The maximum Gasteiger partial charge on any atom is 0.158 e. The van der Waals surface area contributed by atoms with Crippen LogP contribution in [0.4, 0.5) is 0 Å². The maximum absolute atomic E-state index is 6.08. The second-order valence-electron chi connectivity index (χ2n) is 4.65. The third-order valence-corrected chi connectivity index (χ3v) is 3.26. The average molecular weight is 263 g/mol. The van der Waals surface area contributed by atoms with Crippen LogP contribution in [-0.4, -0.2) is 19.5 Å². The van der Waals surface area contributed by atoms with Crippen LogP contribution in [0, 0.1) is 0 Å². The van der Waals surface area contributed by atoms with Crippen molar-refractivity contribution in [1.82, 2.24) is 19.5 Å². The van der Waals surface area contributed by atoms with E-state index in [1.54, 1.807) is 12.3 Å². The summed E-state index contributed by atoms with van der Waals surface area (Å²) in [5.74, 6) is 2.24. The zero-order valence-electron chi connectivity index (χ0n) is 10.3. The van der Waals surface area contributed by atoms with Crippen molar-refractivity contribution >= 4 is 11.6 Å². The highest BCUT2D eigenvalue weighted by atomic mass is 35.5. The molecule has 0 saturated heterocycles. The van der Waals surface area contributed by atoms with Gasteiger partial charge in [-0.25, -0.2) is 15.0 Å². The topological polar surface area (TPSA) is 43.6 Å². The van der Waals surface area contributed by atoms with E-state index in [1.807, 2.05) is 6.20 Å². The summed E-state index contributed by atoms with van der Waals surface area (Å²) < 4.78 is 2.11. The summed E-state index contributed by atoms with van der Waals surface area (Å²) in [5.41, 5.74) is 0.829. The summed E-state index contributed by atoms with van der Waals surface area (Å²) in [4.78, 5) is 13.3. The lowest BCUT2D eigenvalue weighted by Gasteiger charge is -2.07. The Morgan fingerprint density at radius 2 is 2.22 bits per heavy atom. The van der Waals surface area contributed by atoms with Crippen LogP contribution in [0.25, 0.3) is 11.5 Å². The van der Waals surface area contributed by atoms with Crippen LogP contribution in [0.1, 0.15) is 37.9 Å². The lowest BCUT2D eigenvalue weighted by Crippen LogP contribution is -2.02. The van der Waals surface area contributed by atoms with Gasteiger partial charge < -0.3 is 4.57 Å². The maximum atomic E-state index is 6.08. The predicted molar refractivity (Wildman–Crippen MR) is 70.5 cm³/mol. The first-order valence-corrected chi connectivity index (χ1v) is 6.71. The van der Waals surface area contributed by atoms with Crippen molar-refractivity contribution in [3.8, 4) is 11.5 Å². The van der Waals surface area contributed by atoms with Gasteiger partial charge in [-0.15, -0.1) is 0 Å². The molecule has 0 amide bonds. The second-order valence-corrected chi connectivity index (χ2v) is 5.04. The molecule has 0 spiro atoms. The molecule has 94 valence electrons. The average Bonchev–Trinajstić information content (AvgIpc) is 3.10. The molecule has 0 bridgehead atoms. The fourth-order valence-electron chi connectivity index (χ4n) is 2.04. The summed E-state index contributed by atoms with van der Waals surface area (Å²) in [6.45, 7) is 3.09. The van der Waals surface area contributed by atoms with Gasteiger partial charge in [0.1, 0.15) is 16.7 Å². The molecule has 0 aromatic carbocycles. The van der Waals surface area contributed by atoms with Crippen LogP contribution in [0.5, 0.6) is 0 Å². The fraction of sp³-hybridized carbons (Fsp3) is 0.462. The van der Waals surface area contributed by atoms with Crippen molar-refractivity contribution in [1.29, 1.82) is 0 Å². The number of hydrogen-bond donors (Lipinski definition) is 0. The van der Waals surface area contributed by atoms with Gasteiger partial charge >= 0.3 is 0 Å². The van der Waals surface area contributed by atoms with E-state index < -0.39 is 0 Å². The number of rotatable bonds is 4. The molecule has 0 unspecified atom stereocenters. The Morgan fingerprint density at radius 1 is 1.39 bits per heavy atom. The number of halogens is 1. The number of hydrogen-bond acceptors (Lipinski definition) is 3. The monoisotopic (exact) mass is 262 g/mol. The van der Waals surface area contributed by atoms with Gasteiger partial charge in [-0.2, -0.15) is 0 Å². The van der Waals surface area contributed by atoms with Crippen molar-refractivity contribution in [3.63, 3.8) is 0 Å². The van der Waals surface area contributed by atoms with Gasteiger partial charge in [0.25, 0.3) is 0 Å². The van der Waals surface area contributed by atoms with Crippen molar-refractivity contribution in [2.24, 2.45) is 0 Å². The minimum absolute atomic E-state index is 0.497. The van der Waals surface area contributed by atoms with Crippen molar-refractivity contribution < 1.29 is 0 Å². The number of aryl methyl sites for hydroxylation is 1. The molecule has 1 saturated carbocycles. The molecule has 4 nitrogen and oxygen atoms in total. The molecule has 1 fully saturated rings. The van der Waals surface area contributed by atoms with E-state index in [0.29, 0.717) is 11.1 Å². The molecular formula is C13H15ClN4. The first kappa shape index (κ1) is 11.7. The Hall–Kier alpha value is -1.42. The molecule has 2 heterocycles. The Morgan fingerprint density at radius 3 is 2.94 bits per heavy atom. The fourth-order valence-corrected chi connectivity index (χ4v) is 2.23. The molecule has 1 aliphatic rings. The van der Waals surface area contributed by atoms with Gasteiger partial charge in [0.05, 0.1) is 0 Å². The van der Waals surface area contributed by atoms with Gasteiger partial charge in [-0.1, -0.05) is 18.5 Å². The third kappa shape index (κ3) is 2.25. The van der Waals surface area contributed by atoms with E-state index >= 15 is 0 Å². The molecule has 18 heavy (non-hydrogen) atoms. The number of aromatic nitrogens is 4. The molecule has 5 heteroatoms. The highest BCUT2D eigenvalue weighted by Gasteiger charge is 2.27. The van der Waals surface area contributed by atoms with Gasteiger partial charge in [0.2, 0.25) is 0 Å². The summed E-state index contributed by atoms with van der Waals surface area (Å²) in [6, 6.07) is 1.79. The molecule has 3 rings (SSSR count). The van der Waals surface area contributed by atoms with E-state index in [-0.39, 0.29) is 0 Å². The summed E-state index contributed by atoms with van der Waals surface area (Å²) in [7, 11) is 0. The van der Waals surface area contributed by atoms with E-state index in [4.69, 9.17) is 11.6 Å². The molecule has 0 aliphatic heterocycles. The van der Waals surface area contributed by atoms with E-state index in [0.717, 1.165) is 30.3 Å². The molecule has 0 radical (unpaired) electrons. The molecule has 2 aromatic rings. The number of nitrogens with zero attached hydrogens (tertiary/aromatic N) is 4. The zero-order valence-corrected chi connectivity index (χ0v) is 11.1. The Labute approximate surface area is 111 Å². The van der Waals surface area contributed by atoms with Gasteiger partial charge in [0.15, 0.2) is 5.82 Å². The minimum Gasteiger partial charge on any atom is -0.330 e. The zero-order chi connectivity index (χ0) is 12.5. The normalized spacial score (nSPS) is 15.0. The van der Waals surface area contributed by atoms with Gasteiger partial charge in [-0.05, 0) is 19.3 Å². The quantitative estimate of drug-likeness (QED) is 0.794. The van der Waals surface area contributed by atoms with Gasteiger partial charge in [0, 0.05) is 30.9 Å². The molecule has 0 atom stereocenters. The second kappa shape index (κ2) is 4.69. The molecule has 2 aromatic heterocycles. The standard InChI is InChI=1S/C13H15ClN4/c1-2-6-18-7-5-15-13(18)10-8-11(14)17-12(16-10)9-3-4-9/h5,7-9H,2-4,6H2,1H3. The van der Waals surface area contributed by atoms with Crippen LogP contribution in [-0.2, 0) is 6.54 Å². The minimum atomic E-state index is 0.497. The van der Waals surface area contributed by atoms with E-state index in [1.165, 1.54) is 12.8 Å². The first-order valence-electron chi connectivity index (χ1n) is 6.34. The van der Waals surface area contributed by atoms with Crippen LogP contribution < -0.4 is 0 Å². The van der Waals surface area contributed by atoms with Crippen molar-refractivity contribution in [3.05, 3.63) is 29.4 Å². The summed E-state index contributed by atoms with van der Waals surface area (Å²) in [6.07, 6.45) is 7.19. The van der Waals surface area contributed by atoms with E-state index in [2.05, 4.69) is 26.4 Å². The molecule has 0 N–H and O–H groups in total. The van der Waals surface area contributed by atoms with Crippen LogP contribution in [0.3, 0.4) is 0 Å². The largest absolute Gasteiger partial charge is 0.330 e. The van der Waals surface area contributed by atoms with Crippen molar-refractivity contribution in [2.75, 3.05) is 0 Å². The Balaban J connectivity index is 2.01. The summed E-state index contributed by atoms with van der Waals surface area (Å²) >= 11 is 6.08. The van der Waals surface area contributed by atoms with Crippen LogP contribution in [0.2, 0.25) is 5.15 Å². The van der Waals surface area contributed by atoms with E-state index in [9.17, 15) is 0 Å². The highest BCUT2D eigenvalue weighted by molar-refractivity contribution is 6.29. The lowest BCUT2D eigenvalue weighted by molar-refractivity contribution is 0.683. The Kier molecular flexibility index (Phi) is 3.04. The molecular weight excluding hydrogens is 248 g/mol. The number of imidazole rings is 1. The van der Waals surface area contributed by atoms with Crippen LogP contribution in [0.15, 0.2) is 18.5 Å². The third-order valence-electron chi connectivity index (χ3n) is 3.06. The first-order chi connectivity index (χ1) is 8.78. The van der Waals surface area contributed by atoms with Crippen molar-refractivity contribution in [2.45, 2.75) is 38.6 Å². The smallest absolute Gasteiger partial charge is 0.158 e. The molecule has 1 aliphatic carbocycles. The van der Waals surface area contributed by atoms with Gasteiger partial charge in [-0.3, -0.25) is 0 Å². The SMILES string of the molecule is CCCn1ccnc1-c1cc(Cl)nc(C2CC2)n1. The summed E-state index contributed by atoms with van der Waals surface area (Å²) in [5, 5.41) is 0.507. The lowest BCUT2D eigenvalue weighted by atomic mass is 10.3. The highest BCUT2D eigenvalue weighted by Crippen LogP contribution is 2.39. The van der Waals surface area contributed by atoms with Crippen LogP contribution >= 0.6 is 11.6 Å².